The molecule has 0 aliphatic carbocycles. The lowest BCUT2D eigenvalue weighted by atomic mass is 9.84. The molecule has 0 aromatic rings. The van der Waals surface area contributed by atoms with Gasteiger partial charge < -0.3 is 14.2 Å². The number of amides is 4. The van der Waals surface area contributed by atoms with Crippen molar-refractivity contribution in [3.05, 3.63) is 0 Å². The first-order chi connectivity index (χ1) is 17.4. The first-order valence-corrected chi connectivity index (χ1v) is 14.5. The fourth-order valence-electron chi connectivity index (χ4n) is 5.73. The summed E-state index contributed by atoms with van der Waals surface area (Å²) in [4.78, 5) is 43.3. The Hall–Kier alpha value is -1.51. The van der Waals surface area contributed by atoms with Crippen LogP contribution in [0.4, 0.5) is 4.79 Å². The van der Waals surface area contributed by atoms with Gasteiger partial charge in [0.05, 0.1) is 29.5 Å². The van der Waals surface area contributed by atoms with Crippen LogP contribution in [0.1, 0.15) is 106 Å². The summed E-state index contributed by atoms with van der Waals surface area (Å²) < 4.78 is 17.0. The average molecular weight is 523 g/mol. The van der Waals surface area contributed by atoms with Crippen LogP contribution in [0.5, 0.6) is 0 Å². The zero-order valence-corrected chi connectivity index (χ0v) is 24.2. The van der Waals surface area contributed by atoms with Crippen molar-refractivity contribution in [1.29, 1.82) is 0 Å². The van der Waals surface area contributed by atoms with Gasteiger partial charge in [-0.2, -0.15) is 0 Å². The van der Waals surface area contributed by atoms with Gasteiger partial charge in [-0.3, -0.25) is 19.4 Å². The second-order valence-electron chi connectivity index (χ2n) is 12.0. The number of rotatable bonds is 15. The second-order valence-corrected chi connectivity index (χ2v) is 12.0. The van der Waals surface area contributed by atoms with Crippen molar-refractivity contribution in [1.82, 2.24) is 9.80 Å². The zero-order chi connectivity index (χ0) is 27.4. The molecule has 7 unspecified atom stereocenters. The molecule has 3 heterocycles. The van der Waals surface area contributed by atoms with Crippen molar-refractivity contribution in [2.45, 2.75) is 136 Å². The van der Waals surface area contributed by atoms with Crippen LogP contribution in [0.2, 0.25) is 0 Å². The van der Waals surface area contributed by atoms with Gasteiger partial charge in [0.1, 0.15) is 0 Å². The fourth-order valence-corrected chi connectivity index (χ4v) is 5.73. The van der Waals surface area contributed by atoms with E-state index < -0.39 is 6.03 Å². The van der Waals surface area contributed by atoms with Crippen molar-refractivity contribution in [3.8, 4) is 0 Å². The van der Waals surface area contributed by atoms with Gasteiger partial charge in [-0.05, 0) is 86.0 Å². The van der Waals surface area contributed by atoms with E-state index >= 15 is 0 Å². The van der Waals surface area contributed by atoms with Gasteiger partial charge in [0.25, 0.3) is 0 Å². The van der Waals surface area contributed by atoms with E-state index in [4.69, 9.17) is 14.2 Å². The van der Waals surface area contributed by atoms with Gasteiger partial charge in [0, 0.05) is 32.0 Å². The highest BCUT2D eigenvalue weighted by atomic mass is 16.6. The van der Waals surface area contributed by atoms with Crippen LogP contribution in [0.15, 0.2) is 0 Å². The van der Waals surface area contributed by atoms with Gasteiger partial charge in [-0.1, -0.05) is 19.8 Å². The lowest BCUT2D eigenvalue weighted by Gasteiger charge is -2.36. The summed E-state index contributed by atoms with van der Waals surface area (Å²) in [6.45, 7) is 15.5. The Kier molecular flexibility index (Phi) is 10.2. The highest BCUT2D eigenvalue weighted by Crippen LogP contribution is 2.41. The van der Waals surface area contributed by atoms with Crippen LogP contribution in [-0.2, 0) is 23.8 Å². The van der Waals surface area contributed by atoms with Crippen LogP contribution in [-0.4, -0.2) is 76.9 Å². The summed E-state index contributed by atoms with van der Waals surface area (Å²) in [7, 11) is 0. The molecule has 212 valence electrons. The van der Waals surface area contributed by atoms with Crippen LogP contribution in [0.3, 0.4) is 0 Å². The Morgan fingerprint density at radius 3 is 1.97 bits per heavy atom. The van der Waals surface area contributed by atoms with E-state index in [9.17, 15) is 14.4 Å². The largest absolute Gasteiger partial charge is 0.379 e. The van der Waals surface area contributed by atoms with Gasteiger partial charge >= 0.3 is 6.03 Å². The maximum atomic E-state index is 13.6. The van der Waals surface area contributed by atoms with Crippen molar-refractivity contribution < 1.29 is 28.6 Å². The second kappa shape index (κ2) is 12.6. The van der Waals surface area contributed by atoms with Gasteiger partial charge in [-0.25, -0.2) is 4.79 Å². The minimum absolute atomic E-state index is 0.0749. The lowest BCUT2D eigenvalue weighted by molar-refractivity contribution is -0.140. The summed E-state index contributed by atoms with van der Waals surface area (Å²) >= 11 is 0. The molecular formula is C29H50N2O6. The number of carbonyl (C=O) groups excluding carboxylic acids is 3. The summed E-state index contributed by atoms with van der Waals surface area (Å²) in [6.07, 6.45) is 7.43. The standard InChI is InChI=1S/C29H50N2O6/c1-8-35-20(2)13-9-10-14-24-19-25(32)30(17-11-15-28(6)22(4)36-28)27(34)31(26(33)21(24)3)18-12-16-29(7)23(5)37-29/h20-24H,8-19H2,1-7H3. The van der Waals surface area contributed by atoms with Crippen molar-refractivity contribution in [2.24, 2.45) is 11.8 Å². The normalized spacial score (nSPS) is 34.9. The Bertz CT molecular complexity index is 820. The molecule has 0 aromatic carbocycles. The number of urea groups is 1. The third-order valence-electron chi connectivity index (χ3n) is 9.06. The van der Waals surface area contributed by atoms with Crippen LogP contribution >= 0.6 is 0 Å². The summed E-state index contributed by atoms with van der Waals surface area (Å²) in [5, 5.41) is 0. The van der Waals surface area contributed by atoms with E-state index in [2.05, 4.69) is 20.8 Å². The molecule has 0 aromatic heterocycles. The maximum Gasteiger partial charge on any atom is 0.333 e. The first-order valence-electron chi connectivity index (χ1n) is 14.5. The molecule has 0 saturated carbocycles. The van der Waals surface area contributed by atoms with Crippen LogP contribution in [0, 0.1) is 11.8 Å². The van der Waals surface area contributed by atoms with Gasteiger partial charge in [-0.15, -0.1) is 0 Å². The number of carbonyl (C=O) groups is 3. The van der Waals surface area contributed by atoms with E-state index in [1.807, 2.05) is 27.7 Å². The molecular weight excluding hydrogens is 472 g/mol. The number of imide groups is 2. The van der Waals surface area contributed by atoms with E-state index in [-0.39, 0.29) is 59.6 Å². The summed E-state index contributed by atoms with van der Waals surface area (Å²) in [5.74, 6) is -0.765. The highest BCUT2D eigenvalue weighted by molar-refractivity contribution is 6.04. The minimum atomic E-state index is -0.462. The van der Waals surface area contributed by atoms with Crippen molar-refractivity contribution >= 4 is 17.8 Å². The predicted molar refractivity (Wildman–Crippen MR) is 142 cm³/mol. The number of nitrogens with zero attached hydrogens (tertiary/aromatic N) is 2. The minimum Gasteiger partial charge on any atom is -0.379 e. The van der Waals surface area contributed by atoms with E-state index in [0.29, 0.717) is 32.5 Å². The number of epoxide rings is 2. The molecule has 3 aliphatic rings. The average Bonchev–Trinajstić information content (AvgIpc) is 3.66. The molecule has 0 N–H and O–H groups in total. The van der Waals surface area contributed by atoms with Crippen LogP contribution in [0.25, 0.3) is 0 Å². The van der Waals surface area contributed by atoms with Gasteiger partial charge in [0.2, 0.25) is 11.8 Å². The molecule has 37 heavy (non-hydrogen) atoms. The molecule has 0 spiro atoms. The molecule has 7 atom stereocenters. The third-order valence-corrected chi connectivity index (χ3v) is 9.06. The van der Waals surface area contributed by atoms with Crippen molar-refractivity contribution in [3.63, 3.8) is 0 Å². The Balaban J connectivity index is 1.66. The highest BCUT2D eigenvalue weighted by Gasteiger charge is 2.49. The molecule has 8 nitrogen and oxygen atoms in total. The SMILES string of the molecule is CCOC(C)CCCCC1CC(=O)N(CCCC2(C)OC2C)C(=O)N(CCCC2(C)OC2C)C(=O)C1C. The molecule has 4 amide bonds. The monoisotopic (exact) mass is 522 g/mol. The van der Waals surface area contributed by atoms with Crippen LogP contribution < -0.4 is 0 Å². The lowest BCUT2D eigenvalue weighted by Crippen LogP contribution is -2.54. The van der Waals surface area contributed by atoms with E-state index in [0.717, 1.165) is 38.5 Å². The molecule has 8 heteroatoms. The fraction of sp³-hybridized carbons (Fsp3) is 0.897. The predicted octanol–water partition coefficient (Wildman–Crippen LogP) is 5.32. The smallest absolute Gasteiger partial charge is 0.333 e. The Labute approximate surface area is 223 Å². The summed E-state index contributed by atoms with van der Waals surface area (Å²) in [6, 6.07) is -0.462. The first kappa shape index (κ1) is 30.0. The zero-order valence-electron chi connectivity index (χ0n) is 24.2. The van der Waals surface area contributed by atoms with E-state index in [1.54, 1.807) is 0 Å². The number of unbranched alkanes of at least 4 members (excludes halogenated alkanes) is 1. The van der Waals surface area contributed by atoms with Gasteiger partial charge in [0.15, 0.2) is 0 Å². The molecule has 0 radical (unpaired) electrons. The maximum absolute atomic E-state index is 13.6. The topological polar surface area (TPSA) is 92.0 Å². The van der Waals surface area contributed by atoms with Crippen molar-refractivity contribution in [2.75, 3.05) is 19.7 Å². The number of hydrogen-bond acceptors (Lipinski definition) is 6. The quantitative estimate of drug-likeness (QED) is 0.213. The summed E-state index contributed by atoms with van der Waals surface area (Å²) in [5.41, 5.74) is -0.343. The van der Waals surface area contributed by atoms with E-state index in [1.165, 1.54) is 9.80 Å². The molecule has 3 aliphatic heterocycles. The number of ether oxygens (including phenoxy) is 3. The molecule has 0 bridgehead atoms. The molecule has 3 fully saturated rings. The Morgan fingerprint density at radius 2 is 1.46 bits per heavy atom. The Morgan fingerprint density at radius 1 is 0.919 bits per heavy atom. The third kappa shape index (κ3) is 7.76. The molecule has 3 saturated heterocycles. The number of hydrogen-bond donors (Lipinski definition) is 0. The molecule has 3 rings (SSSR count).